The lowest BCUT2D eigenvalue weighted by atomic mass is 9.58. The highest BCUT2D eigenvalue weighted by Gasteiger charge is 2.56. The minimum atomic E-state index is -0.121. The van der Waals surface area contributed by atoms with Crippen LogP contribution in [0.4, 0.5) is 5.95 Å². The van der Waals surface area contributed by atoms with E-state index in [1.54, 1.807) is 0 Å². The van der Waals surface area contributed by atoms with E-state index in [1.807, 2.05) is 0 Å². The predicted octanol–water partition coefficient (Wildman–Crippen LogP) is 3.69. The fourth-order valence-electron chi connectivity index (χ4n) is 3.54. The van der Waals surface area contributed by atoms with Crippen molar-refractivity contribution in [3.63, 3.8) is 0 Å². The van der Waals surface area contributed by atoms with Crippen molar-refractivity contribution in [2.75, 3.05) is 18.0 Å². The molecule has 2 heterocycles. The van der Waals surface area contributed by atoms with Crippen LogP contribution in [-0.4, -0.2) is 39.1 Å². The molecule has 1 fully saturated rings. The third-order valence-corrected chi connectivity index (χ3v) is 6.42. The summed E-state index contributed by atoms with van der Waals surface area (Å²) in [4.78, 5) is 14.8. The molecule has 1 aromatic heterocycles. The monoisotopic (exact) mass is 339 g/mol. The van der Waals surface area contributed by atoms with Crippen molar-refractivity contribution in [1.29, 1.82) is 0 Å². The van der Waals surface area contributed by atoms with Crippen LogP contribution in [0.25, 0.3) is 0 Å². The van der Waals surface area contributed by atoms with Crippen molar-refractivity contribution in [1.82, 2.24) is 20.3 Å². The summed E-state index contributed by atoms with van der Waals surface area (Å²) >= 11 is 5.97. The number of hydrogen-bond acceptors (Lipinski definition) is 5. The molecule has 0 aromatic carbocycles. The van der Waals surface area contributed by atoms with Crippen LogP contribution in [0.5, 0.6) is 0 Å². The maximum atomic E-state index is 5.97. The second kappa shape index (κ2) is 6.52. The number of anilines is 1. The summed E-state index contributed by atoms with van der Waals surface area (Å²) in [5.74, 6) is 0.665. The molecule has 6 heteroatoms. The van der Waals surface area contributed by atoms with Crippen LogP contribution in [0.1, 0.15) is 60.8 Å². The number of piperidine rings is 1. The minimum Gasteiger partial charge on any atom is -0.335 e. The Morgan fingerprint density at radius 2 is 1.91 bits per heavy atom. The highest BCUT2D eigenvalue weighted by atomic mass is 35.5. The van der Waals surface area contributed by atoms with Crippen LogP contribution in [-0.2, 0) is 0 Å². The molecular formula is C17H30ClN5. The second-order valence-electron chi connectivity index (χ2n) is 7.75. The molecule has 1 saturated heterocycles. The lowest BCUT2D eigenvalue weighted by Crippen LogP contribution is -2.72. The van der Waals surface area contributed by atoms with E-state index in [0.717, 1.165) is 19.5 Å². The van der Waals surface area contributed by atoms with Gasteiger partial charge in [0, 0.05) is 23.0 Å². The molecule has 1 unspecified atom stereocenters. The highest BCUT2D eigenvalue weighted by molar-refractivity contribution is 6.28. The van der Waals surface area contributed by atoms with Crippen molar-refractivity contribution in [2.24, 2.45) is 5.41 Å². The van der Waals surface area contributed by atoms with E-state index in [2.05, 4.69) is 66.7 Å². The number of aromatic nitrogens is 3. The van der Waals surface area contributed by atoms with Crippen LogP contribution >= 0.6 is 11.6 Å². The van der Waals surface area contributed by atoms with Gasteiger partial charge in [-0.1, -0.05) is 27.2 Å². The lowest BCUT2D eigenvalue weighted by molar-refractivity contribution is 0.0200. The van der Waals surface area contributed by atoms with Gasteiger partial charge in [-0.15, -0.1) is 0 Å². The quantitative estimate of drug-likeness (QED) is 0.829. The molecule has 5 nitrogen and oxygen atoms in total. The third-order valence-electron chi connectivity index (χ3n) is 6.24. The first-order valence-corrected chi connectivity index (χ1v) is 8.91. The summed E-state index contributed by atoms with van der Waals surface area (Å²) in [6.45, 7) is 15.7. The molecule has 130 valence electrons. The zero-order valence-corrected chi connectivity index (χ0v) is 16.0. The molecule has 0 aliphatic carbocycles. The number of nitrogens with zero attached hydrogens (tertiary/aromatic N) is 4. The molecule has 1 aliphatic heterocycles. The van der Waals surface area contributed by atoms with Gasteiger partial charge in [0.25, 0.3) is 0 Å². The Morgan fingerprint density at radius 1 is 1.22 bits per heavy atom. The SMILES string of the molecule is CCCCNC1(C)CCN(c2ncnc(Cl)n2)C(C)(C)C1(C)C. The maximum Gasteiger partial charge on any atom is 0.230 e. The molecule has 0 radical (unpaired) electrons. The van der Waals surface area contributed by atoms with Crippen molar-refractivity contribution in [3.8, 4) is 0 Å². The van der Waals surface area contributed by atoms with Crippen molar-refractivity contribution >= 4 is 17.5 Å². The van der Waals surface area contributed by atoms with Gasteiger partial charge in [0.05, 0.1) is 0 Å². The van der Waals surface area contributed by atoms with E-state index in [-0.39, 0.29) is 21.8 Å². The van der Waals surface area contributed by atoms with E-state index >= 15 is 0 Å². The van der Waals surface area contributed by atoms with Gasteiger partial charge in [0.1, 0.15) is 6.33 Å². The van der Waals surface area contributed by atoms with Gasteiger partial charge in [-0.3, -0.25) is 0 Å². The summed E-state index contributed by atoms with van der Waals surface area (Å²) in [5.41, 5.74) is -0.0337. The number of rotatable bonds is 5. The van der Waals surface area contributed by atoms with Crippen LogP contribution in [0.2, 0.25) is 5.28 Å². The van der Waals surface area contributed by atoms with Gasteiger partial charge in [0.15, 0.2) is 0 Å². The zero-order valence-electron chi connectivity index (χ0n) is 15.3. The first-order chi connectivity index (χ1) is 10.7. The Hall–Kier alpha value is -0.940. The van der Waals surface area contributed by atoms with E-state index in [0.29, 0.717) is 5.95 Å². The Kier molecular flexibility index (Phi) is 5.21. The molecule has 0 saturated carbocycles. The average molecular weight is 340 g/mol. The lowest BCUT2D eigenvalue weighted by Gasteiger charge is -2.62. The van der Waals surface area contributed by atoms with Gasteiger partial charge >= 0.3 is 0 Å². The Morgan fingerprint density at radius 3 is 2.52 bits per heavy atom. The zero-order chi connectivity index (χ0) is 17.3. The van der Waals surface area contributed by atoms with Crippen LogP contribution in [0.15, 0.2) is 6.33 Å². The molecule has 0 spiro atoms. The molecule has 1 N–H and O–H groups in total. The van der Waals surface area contributed by atoms with Gasteiger partial charge in [-0.05, 0) is 51.8 Å². The van der Waals surface area contributed by atoms with Crippen molar-refractivity contribution in [3.05, 3.63) is 11.6 Å². The summed E-state index contributed by atoms with van der Waals surface area (Å²) in [5, 5.41) is 4.07. The van der Waals surface area contributed by atoms with E-state index in [1.165, 1.54) is 19.2 Å². The largest absolute Gasteiger partial charge is 0.335 e. The van der Waals surface area contributed by atoms with Gasteiger partial charge in [-0.25, -0.2) is 9.97 Å². The van der Waals surface area contributed by atoms with Crippen molar-refractivity contribution < 1.29 is 0 Å². The topological polar surface area (TPSA) is 53.9 Å². The summed E-state index contributed by atoms with van der Waals surface area (Å²) in [6, 6.07) is 0. The number of hydrogen-bond donors (Lipinski definition) is 1. The Bertz CT molecular complexity index is 546. The van der Waals surface area contributed by atoms with E-state index < -0.39 is 0 Å². The van der Waals surface area contributed by atoms with Crippen LogP contribution in [0.3, 0.4) is 0 Å². The highest BCUT2D eigenvalue weighted by Crippen LogP contribution is 2.50. The molecule has 0 bridgehead atoms. The normalized spacial score (nSPS) is 26.3. The smallest absolute Gasteiger partial charge is 0.230 e. The summed E-state index contributed by atoms with van der Waals surface area (Å²) < 4.78 is 0. The molecule has 1 aromatic rings. The minimum absolute atomic E-state index is 0.0189. The molecule has 0 amide bonds. The van der Waals surface area contributed by atoms with E-state index in [9.17, 15) is 0 Å². The van der Waals surface area contributed by atoms with Crippen LogP contribution < -0.4 is 10.2 Å². The van der Waals surface area contributed by atoms with Gasteiger partial charge < -0.3 is 10.2 Å². The molecule has 2 rings (SSSR count). The summed E-state index contributed by atoms with van der Waals surface area (Å²) in [6.07, 6.45) is 4.94. The Balaban J connectivity index is 2.30. The van der Waals surface area contributed by atoms with Gasteiger partial charge in [-0.2, -0.15) is 4.98 Å². The molecule has 1 atom stereocenters. The predicted molar refractivity (Wildman–Crippen MR) is 96.0 cm³/mol. The molecule has 1 aliphatic rings. The first-order valence-electron chi connectivity index (χ1n) is 8.53. The molecule has 23 heavy (non-hydrogen) atoms. The fraction of sp³-hybridized carbons (Fsp3) is 0.824. The summed E-state index contributed by atoms with van der Waals surface area (Å²) in [7, 11) is 0. The fourth-order valence-corrected chi connectivity index (χ4v) is 3.66. The van der Waals surface area contributed by atoms with Crippen molar-refractivity contribution in [2.45, 2.75) is 71.9 Å². The second-order valence-corrected chi connectivity index (χ2v) is 8.09. The standard InChI is InChI=1S/C17H30ClN5/c1-7-8-10-21-17(6)9-11-23(16(4,5)15(17,2)3)14-20-12-19-13(18)22-14/h12,21H,7-11H2,1-6H3. The maximum absolute atomic E-state index is 5.97. The number of unbranched alkanes of at least 4 members (excludes halogenated alkanes) is 1. The number of nitrogens with one attached hydrogen (secondary N) is 1. The van der Waals surface area contributed by atoms with E-state index in [4.69, 9.17) is 11.6 Å². The van der Waals surface area contributed by atoms with Gasteiger partial charge in [0.2, 0.25) is 11.2 Å². The van der Waals surface area contributed by atoms with Crippen LogP contribution in [0, 0.1) is 5.41 Å². The Labute approximate surface area is 145 Å². The molecular weight excluding hydrogens is 310 g/mol. The average Bonchev–Trinajstić information content (AvgIpc) is 2.46. The number of halogens is 1. The third kappa shape index (κ3) is 3.18. The first kappa shape index (κ1) is 18.4.